The number of fused-ring (bicyclic) bond motifs is 7. The number of amides is 2. The maximum absolute atomic E-state index is 14.1. The van der Waals surface area contributed by atoms with E-state index in [0.717, 1.165) is 57.6 Å². The second-order valence-electron chi connectivity index (χ2n) is 21.8. The first-order valence-corrected chi connectivity index (χ1v) is 23.3. The lowest BCUT2D eigenvalue weighted by molar-refractivity contribution is -0.193. The molecule has 0 aromatic heterocycles. The summed E-state index contributed by atoms with van der Waals surface area (Å²) in [5, 5.41) is 23.0. The summed E-state index contributed by atoms with van der Waals surface area (Å²) in [6, 6.07) is 6.69. The van der Waals surface area contributed by atoms with Crippen LogP contribution < -0.4 is 10.6 Å². The van der Waals surface area contributed by atoms with Gasteiger partial charge in [0.05, 0.1) is 5.92 Å². The van der Waals surface area contributed by atoms with Crippen molar-refractivity contribution in [3.05, 3.63) is 46.0 Å². The SMILES string of the molecule is CC(C)C1=C2C3CCC4C(C)(CCC5C(C)(C)C(CC(=O)C6CC(C(=O)O)C6C)CCC54C)C3CCC2(CCNC(=O)C(C)(C)NC(=O)c2cccc(Cl)c2)CC1=O.CO. The number of aliphatic hydroxyl groups is 1. The lowest BCUT2D eigenvalue weighted by atomic mass is 9.35. The van der Waals surface area contributed by atoms with Crippen LogP contribution in [0.4, 0.5) is 0 Å². The van der Waals surface area contributed by atoms with Crippen LogP contribution in [0.3, 0.4) is 0 Å². The molecule has 60 heavy (non-hydrogen) atoms. The van der Waals surface area contributed by atoms with Crippen LogP contribution in [-0.2, 0) is 19.2 Å². The van der Waals surface area contributed by atoms with Gasteiger partial charge >= 0.3 is 5.97 Å². The fourth-order valence-electron chi connectivity index (χ4n) is 14.8. The molecule has 0 aliphatic heterocycles. The van der Waals surface area contributed by atoms with Gasteiger partial charge in [0, 0.05) is 48.4 Å². The Morgan fingerprint density at radius 2 is 1.60 bits per heavy atom. The Morgan fingerprint density at radius 1 is 0.917 bits per heavy atom. The van der Waals surface area contributed by atoms with Crippen LogP contribution >= 0.6 is 11.6 Å². The molecule has 6 aliphatic rings. The number of carboxylic acid groups (broad SMARTS) is 1. The van der Waals surface area contributed by atoms with E-state index in [1.54, 1.807) is 38.1 Å². The van der Waals surface area contributed by atoms with Crippen molar-refractivity contribution in [1.29, 1.82) is 0 Å². The van der Waals surface area contributed by atoms with Crippen molar-refractivity contribution in [3.63, 3.8) is 0 Å². The molecule has 9 nitrogen and oxygen atoms in total. The Bertz CT molecular complexity index is 1900. The van der Waals surface area contributed by atoms with E-state index in [2.05, 4.69) is 52.2 Å². The lowest BCUT2D eigenvalue weighted by Crippen LogP contribution is -2.62. The van der Waals surface area contributed by atoms with Crippen LogP contribution in [0.5, 0.6) is 0 Å². The molecule has 0 heterocycles. The fourth-order valence-corrected chi connectivity index (χ4v) is 15.0. The highest BCUT2D eigenvalue weighted by molar-refractivity contribution is 6.31. The second-order valence-corrected chi connectivity index (χ2v) is 22.3. The molecule has 10 heteroatoms. The van der Waals surface area contributed by atoms with Gasteiger partial charge in [-0.25, -0.2) is 0 Å². The molecule has 0 bridgehead atoms. The van der Waals surface area contributed by atoms with Crippen molar-refractivity contribution in [2.75, 3.05) is 13.7 Å². The molecule has 11 atom stereocenters. The quantitative estimate of drug-likeness (QED) is 0.173. The summed E-state index contributed by atoms with van der Waals surface area (Å²) in [7, 11) is 1.00. The number of hydrogen-bond donors (Lipinski definition) is 4. The van der Waals surface area contributed by atoms with Gasteiger partial charge in [0.25, 0.3) is 5.91 Å². The number of hydrogen-bond acceptors (Lipinski definition) is 6. The van der Waals surface area contributed by atoms with Crippen LogP contribution in [0.15, 0.2) is 35.4 Å². The number of allylic oxidation sites excluding steroid dienone is 2. The highest BCUT2D eigenvalue weighted by Gasteiger charge is 2.66. The summed E-state index contributed by atoms with van der Waals surface area (Å²) in [4.78, 5) is 65.9. The number of carbonyl (C=O) groups excluding carboxylic acids is 4. The number of halogens is 1. The number of aliphatic hydroxyl groups excluding tert-OH is 1. The van der Waals surface area contributed by atoms with Crippen molar-refractivity contribution in [3.8, 4) is 0 Å². The number of ketones is 2. The van der Waals surface area contributed by atoms with E-state index in [1.165, 1.54) is 12.0 Å². The molecule has 0 saturated heterocycles. The van der Waals surface area contributed by atoms with Crippen molar-refractivity contribution in [2.45, 2.75) is 145 Å². The van der Waals surface area contributed by atoms with E-state index < -0.39 is 11.5 Å². The molecule has 5 saturated carbocycles. The summed E-state index contributed by atoms with van der Waals surface area (Å²) in [5.74, 6) is 1.05. The monoisotopic (exact) mass is 849 g/mol. The molecule has 0 spiro atoms. The number of rotatable bonds is 11. The third kappa shape index (κ3) is 7.83. The molecule has 11 unspecified atom stereocenters. The Hall–Kier alpha value is -3.04. The molecule has 1 aromatic rings. The highest BCUT2D eigenvalue weighted by atomic mass is 35.5. The minimum absolute atomic E-state index is 0.0179. The zero-order valence-corrected chi connectivity index (χ0v) is 38.8. The largest absolute Gasteiger partial charge is 0.481 e. The number of benzene rings is 1. The van der Waals surface area contributed by atoms with E-state index in [9.17, 15) is 29.1 Å². The number of nitrogens with one attached hydrogen (secondary N) is 2. The van der Waals surface area contributed by atoms with Crippen LogP contribution in [0.25, 0.3) is 0 Å². The number of Topliss-reactive ketones (excluding diaryl/α,β-unsaturated/α-hetero) is 2. The molecule has 1 aromatic carbocycles. The summed E-state index contributed by atoms with van der Waals surface area (Å²) in [6.07, 6.45) is 11.1. The van der Waals surface area contributed by atoms with Crippen molar-refractivity contribution in [1.82, 2.24) is 10.6 Å². The zero-order chi connectivity index (χ0) is 44.3. The average molecular weight is 850 g/mol. The molecule has 4 N–H and O–H groups in total. The first-order valence-electron chi connectivity index (χ1n) is 22.9. The van der Waals surface area contributed by atoms with Gasteiger partial charge in [-0.15, -0.1) is 0 Å². The van der Waals surface area contributed by atoms with Crippen LogP contribution in [0, 0.1) is 74.9 Å². The third-order valence-corrected chi connectivity index (χ3v) is 18.1. The average Bonchev–Trinajstić information content (AvgIpc) is 3.48. The molecular formula is C50H73ClN2O7. The summed E-state index contributed by atoms with van der Waals surface area (Å²) >= 11 is 6.11. The summed E-state index contributed by atoms with van der Waals surface area (Å²) < 4.78 is 0. The van der Waals surface area contributed by atoms with Crippen molar-refractivity contribution < 1.29 is 34.2 Å². The molecule has 0 radical (unpaired) electrons. The Labute approximate surface area is 364 Å². The van der Waals surface area contributed by atoms with Crippen molar-refractivity contribution >= 4 is 41.0 Å². The van der Waals surface area contributed by atoms with Gasteiger partial charge in [0.1, 0.15) is 11.3 Å². The third-order valence-electron chi connectivity index (χ3n) is 17.9. The molecule has 332 valence electrons. The van der Waals surface area contributed by atoms with E-state index >= 15 is 0 Å². The predicted octanol–water partition coefficient (Wildman–Crippen LogP) is 9.49. The highest BCUT2D eigenvalue weighted by Crippen LogP contribution is 2.74. The molecule has 5 fully saturated rings. The normalized spacial score (nSPS) is 36.6. The standard InChI is InChI=1S/C49H69ClN2O6.CH4O/c1-27(2)40-37(54)26-49(21-22-51-44(58)46(6,7)52-42(55)29-11-10-12-31(50)23-29)20-16-35-32(41(40)49)13-14-39-47(35,8)19-17-38-45(4,5)30(15-18-48(38,39)9)24-36(53)33-25-34(28(33)3)43(56)57;1-2/h10-12,23,27-28,30,32-35,38-39H,13-22,24-26H2,1-9H3,(H,51,58)(H,52,55)(H,56,57);2H,1H3. The van der Waals surface area contributed by atoms with Gasteiger partial charge < -0.3 is 20.8 Å². The number of carboxylic acids is 1. The van der Waals surface area contributed by atoms with Gasteiger partial charge in [-0.3, -0.25) is 24.0 Å². The Kier molecular flexibility index (Phi) is 13.1. The molecule has 7 rings (SSSR count). The van der Waals surface area contributed by atoms with E-state index in [-0.39, 0.29) is 62.9 Å². The van der Waals surface area contributed by atoms with E-state index in [0.29, 0.717) is 78.2 Å². The maximum atomic E-state index is 14.1. The molecular weight excluding hydrogens is 776 g/mol. The minimum Gasteiger partial charge on any atom is -0.481 e. The summed E-state index contributed by atoms with van der Waals surface area (Å²) in [6.45, 7) is 20.2. The Balaban J connectivity index is 0.00000297. The first-order chi connectivity index (χ1) is 28.1. The van der Waals surface area contributed by atoms with Gasteiger partial charge in [-0.1, -0.05) is 71.7 Å². The number of aliphatic carboxylic acids is 1. The predicted molar refractivity (Wildman–Crippen MR) is 235 cm³/mol. The van der Waals surface area contributed by atoms with Crippen LogP contribution in [0.1, 0.15) is 150 Å². The van der Waals surface area contributed by atoms with Crippen LogP contribution in [-0.4, -0.2) is 58.8 Å². The van der Waals surface area contributed by atoms with Gasteiger partial charge in [0.15, 0.2) is 5.78 Å². The summed E-state index contributed by atoms with van der Waals surface area (Å²) in [5.41, 5.74) is 1.82. The van der Waals surface area contributed by atoms with Crippen molar-refractivity contribution in [2.24, 2.45) is 74.9 Å². The second kappa shape index (κ2) is 16.9. The molecule has 6 aliphatic carbocycles. The van der Waals surface area contributed by atoms with Gasteiger partial charge in [-0.2, -0.15) is 0 Å². The van der Waals surface area contributed by atoms with Gasteiger partial charge in [-0.05, 0) is 159 Å². The Morgan fingerprint density at radius 3 is 2.23 bits per heavy atom. The smallest absolute Gasteiger partial charge is 0.306 e. The number of carbonyl (C=O) groups is 5. The fraction of sp³-hybridized carbons (Fsp3) is 0.740. The van der Waals surface area contributed by atoms with Crippen LogP contribution in [0.2, 0.25) is 5.02 Å². The van der Waals surface area contributed by atoms with E-state index in [1.807, 2.05) is 6.92 Å². The minimum atomic E-state index is -1.14. The maximum Gasteiger partial charge on any atom is 0.306 e. The zero-order valence-electron chi connectivity index (χ0n) is 38.0. The topological polar surface area (TPSA) is 150 Å². The van der Waals surface area contributed by atoms with Gasteiger partial charge in [0.2, 0.25) is 5.91 Å². The van der Waals surface area contributed by atoms with E-state index in [4.69, 9.17) is 16.7 Å². The first kappa shape index (κ1) is 46.5. The lowest BCUT2D eigenvalue weighted by Gasteiger charge is -2.69. The molecule has 2 amide bonds.